The number of aldehydes is 1. The summed E-state index contributed by atoms with van der Waals surface area (Å²) >= 11 is 0. The lowest BCUT2D eigenvalue weighted by Gasteiger charge is -2.41. The first kappa shape index (κ1) is 13.6. The second-order valence-corrected chi connectivity index (χ2v) is 4.94. The smallest absolute Gasteiger partial charge is 0.271 e. The van der Waals surface area contributed by atoms with Crippen LogP contribution in [0.15, 0.2) is 24.3 Å². The summed E-state index contributed by atoms with van der Waals surface area (Å²) in [5, 5.41) is 20.2. The molecule has 0 spiro atoms. The van der Waals surface area contributed by atoms with Crippen molar-refractivity contribution < 1.29 is 24.5 Å². The molecule has 0 radical (unpaired) electrons. The minimum Gasteiger partial charge on any atom is -0.483 e. The van der Waals surface area contributed by atoms with Crippen LogP contribution in [0.5, 0.6) is 11.5 Å². The van der Waals surface area contributed by atoms with Gasteiger partial charge in [0.1, 0.15) is 11.9 Å². The highest BCUT2D eigenvalue weighted by molar-refractivity contribution is 5.74. The molecule has 1 unspecified atom stereocenters. The van der Waals surface area contributed by atoms with Crippen LogP contribution in [-0.2, 0) is 4.79 Å². The van der Waals surface area contributed by atoms with E-state index in [0.29, 0.717) is 17.8 Å². The molecular weight excluding hydrogens is 248 g/mol. The number of ether oxygens (including phenoxy) is 2. The van der Waals surface area contributed by atoms with Crippen LogP contribution in [-0.4, -0.2) is 34.5 Å². The Labute approximate surface area is 111 Å². The Morgan fingerprint density at radius 2 is 2.11 bits per heavy atom. The van der Waals surface area contributed by atoms with Gasteiger partial charge in [-0.15, -0.1) is 0 Å². The van der Waals surface area contributed by atoms with Crippen LogP contribution in [0.25, 0.3) is 6.08 Å². The lowest BCUT2D eigenvalue weighted by atomic mass is 9.97. The molecule has 1 aromatic carbocycles. The molecule has 0 bridgehead atoms. The zero-order valence-corrected chi connectivity index (χ0v) is 10.8. The predicted octanol–water partition coefficient (Wildman–Crippen LogP) is 1.13. The number of rotatable bonds is 3. The summed E-state index contributed by atoms with van der Waals surface area (Å²) in [5.74, 6) is -1.01. The van der Waals surface area contributed by atoms with Gasteiger partial charge in [-0.25, -0.2) is 0 Å². The molecule has 5 heteroatoms. The highest BCUT2D eigenvalue weighted by atomic mass is 16.7. The van der Waals surface area contributed by atoms with Gasteiger partial charge in [0.25, 0.3) is 5.79 Å². The van der Waals surface area contributed by atoms with E-state index in [-0.39, 0.29) is 6.61 Å². The van der Waals surface area contributed by atoms with Gasteiger partial charge in [0.15, 0.2) is 18.1 Å². The normalized spacial score (nSPS) is 22.5. The fraction of sp³-hybridized carbons (Fsp3) is 0.357. The summed E-state index contributed by atoms with van der Waals surface area (Å²) in [6, 6.07) is 5.08. The lowest BCUT2D eigenvalue weighted by molar-refractivity contribution is -0.266. The fourth-order valence-corrected chi connectivity index (χ4v) is 1.67. The van der Waals surface area contributed by atoms with Crippen molar-refractivity contribution in [2.75, 3.05) is 6.61 Å². The Morgan fingerprint density at radius 3 is 2.74 bits per heavy atom. The van der Waals surface area contributed by atoms with E-state index >= 15 is 0 Å². The summed E-state index contributed by atoms with van der Waals surface area (Å²) < 4.78 is 10.9. The first-order chi connectivity index (χ1) is 8.86. The van der Waals surface area contributed by atoms with E-state index in [1.165, 1.54) is 19.9 Å². The Hall–Kier alpha value is -1.85. The average Bonchev–Trinajstić information content (AvgIpc) is 2.34. The number of carbonyl (C=O) groups is 1. The molecule has 102 valence electrons. The zero-order valence-electron chi connectivity index (χ0n) is 10.8. The molecule has 1 aliphatic heterocycles. The van der Waals surface area contributed by atoms with Gasteiger partial charge in [-0.05, 0) is 37.6 Å². The van der Waals surface area contributed by atoms with Gasteiger partial charge in [0, 0.05) is 0 Å². The average molecular weight is 264 g/mol. The second kappa shape index (κ2) is 4.68. The maximum Gasteiger partial charge on any atom is 0.271 e. The van der Waals surface area contributed by atoms with Crippen LogP contribution >= 0.6 is 0 Å². The summed E-state index contributed by atoms with van der Waals surface area (Å²) in [5.41, 5.74) is -0.742. The molecule has 1 aliphatic rings. The number of carbonyl (C=O) groups excluding carboxylic acids is 1. The SMILES string of the molecule is CC(C)(O)C1(O)COc2ccc(/C=C/C=O)cc2O1. The largest absolute Gasteiger partial charge is 0.483 e. The number of benzene rings is 1. The number of allylic oxidation sites excluding steroid dienone is 1. The summed E-state index contributed by atoms with van der Waals surface area (Å²) in [6.07, 6.45) is 3.63. The molecule has 0 aromatic heterocycles. The van der Waals surface area contributed by atoms with Crippen LogP contribution in [0.3, 0.4) is 0 Å². The summed E-state index contributed by atoms with van der Waals surface area (Å²) in [7, 11) is 0. The fourth-order valence-electron chi connectivity index (χ4n) is 1.67. The van der Waals surface area contributed by atoms with Gasteiger partial charge >= 0.3 is 0 Å². The summed E-state index contributed by atoms with van der Waals surface area (Å²) in [4.78, 5) is 10.3. The standard InChI is InChI=1S/C14H16O5/c1-13(2,16)14(17)9-18-11-6-5-10(4-3-7-15)8-12(11)19-14/h3-8,16-17H,9H2,1-2H3/b4-3+. The van der Waals surface area contributed by atoms with Crippen molar-refractivity contribution in [3.8, 4) is 11.5 Å². The number of fused-ring (bicyclic) bond motifs is 1. The minimum absolute atomic E-state index is 0.160. The first-order valence-electron chi connectivity index (χ1n) is 5.88. The maximum absolute atomic E-state index is 10.3. The van der Waals surface area contributed by atoms with Crippen LogP contribution in [0.4, 0.5) is 0 Å². The van der Waals surface area contributed by atoms with E-state index in [1.54, 1.807) is 24.3 Å². The van der Waals surface area contributed by atoms with E-state index in [4.69, 9.17) is 9.47 Å². The molecule has 0 aliphatic carbocycles. The quantitative estimate of drug-likeness (QED) is 0.632. The van der Waals surface area contributed by atoms with E-state index in [0.717, 1.165) is 5.56 Å². The van der Waals surface area contributed by atoms with E-state index < -0.39 is 11.4 Å². The minimum atomic E-state index is -1.81. The van der Waals surface area contributed by atoms with Crippen molar-refractivity contribution in [1.29, 1.82) is 0 Å². The van der Waals surface area contributed by atoms with Crippen molar-refractivity contribution in [1.82, 2.24) is 0 Å². The van der Waals surface area contributed by atoms with E-state index in [1.807, 2.05) is 0 Å². The molecular formula is C14H16O5. The zero-order chi connectivity index (χ0) is 14.1. The van der Waals surface area contributed by atoms with Crippen molar-refractivity contribution in [2.24, 2.45) is 0 Å². The molecule has 2 rings (SSSR count). The third-order valence-corrected chi connectivity index (χ3v) is 2.99. The van der Waals surface area contributed by atoms with Gasteiger partial charge in [0.2, 0.25) is 0 Å². The Bertz CT molecular complexity index is 515. The number of hydrogen-bond donors (Lipinski definition) is 2. The predicted molar refractivity (Wildman–Crippen MR) is 68.9 cm³/mol. The van der Waals surface area contributed by atoms with Crippen LogP contribution in [0.2, 0.25) is 0 Å². The molecule has 1 aromatic rings. The van der Waals surface area contributed by atoms with Gasteiger partial charge in [-0.2, -0.15) is 0 Å². The molecule has 0 saturated heterocycles. The second-order valence-electron chi connectivity index (χ2n) is 4.94. The van der Waals surface area contributed by atoms with Crippen LogP contribution < -0.4 is 9.47 Å². The molecule has 0 fully saturated rings. The monoisotopic (exact) mass is 264 g/mol. The van der Waals surface area contributed by atoms with E-state index in [2.05, 4.69) is 0 Å². The van der Waals surface area contributed by atoms with Crippen LogP contribution in [0, 0.1) is 0 Å². The Balaban J connectivity index is 2.33. The van der Waals surface area contributed by atoms with E-state index in [9.17, 15) is 15.0 Å². The molecule has 0 saturated carbocycles. The highest BCUT2D eigenvalue weighted by Gasteiger charge is 2.48. The molecule has 1 atom stereocenters. The van der Waals surface area contributed by atoms with Crippen molar-refractivity contribution in [3.05, 3.63) is 29.8 Å². The third-order valence-electron chi connectivity index (χ3n) is 2.99. The molecule has 19 heavy (non-hydrogen) atoms. The van der Waals surface area contributed by atoms with Crippen molar-refractivity contribution in [2.45, 2.75) is 25.2 Å². The summed E-state index contributed by atoms with van der Waals surface area (Å²) in [6.45, 7) is 2.72. The van der Waals surface area contributed by atoms with Gasteiger partial charge in [-0.1, -0.05) is 12.1 Å². The molecule has 0 amide bonds. The Kier molecular flexibility index (Phi) is 3.34. The molecule has 1 heterocycles. The van der Waals surface area contributed by atoms with Crippen molar-refractivity contribution in [3.63, 3.8) is 0 Å². The first-order valence-corrected chi connectivity index (χ1v) is 5.88. The van der Waals surface area contributed by atoms with Gasteiger partial charge in [-0.3, -0.25) is 4.79 Å². The van der Waals surface area contributed by atoms with Crippen molar-refractivity contribution >= 4 is 12.4 Å². The number of aliphatic hydroxyl groups is 2. The van der Waals surface area contributed by atoms with Gasteiger partial charge in [0.05, 0.1) is 0 Å². The lowest BCUT2D eigenvalue weighted by Crippen LogP contribution is -2.59. The Morgan fingerprint density at radius 1 is 1.37 bits per heavy atom. The molecule has 2 N–H and O–H groups in total. The third kappa shape index (κ3) is 2.62. The maximum atomic E-state index is 10.3. The molecule has 5 nitrogen and oxygen atoms in total. The van der Waals surface area contributed by atoms with Crippen LogP contribution in [0.1, 0.15) is 19.4 Å². The topological polar surface area (TPSA) is 76.0 Å². The highest BCUT2D eigenvalue weighted by Crippen LogP contribution is 2.38. The number of hydrogen-bond acceptors (Lipinski definition) is 5. The van der Waals surface area contributed by atoms with Gasteiger partial charge < -0.3 is 19.7 Å².